The van der Waals surface area contributed by atoms with Crippen molar-refractivity contribution in [1.29, 1.82) is 5.26 Å². The van der Waals surface area contributed by atoms with Crippen LogP contribution in [0.15, 0.2) is 12.1 Å². The predicted molar refractivity (Wildman–Crippen MR) is 89.6 cm³/mol. The van der Waals surface area contributed by atoms with Crippen LogP contribution in [0.3, 0.4) is 0 Å². The molecule has 3 rings (SSSR count). The number of nitrogens with two attached hydrogens (primary N) is 1. The Morgan fingerprint density at radius 1 is 1.30 bits per heavy atom. The number of nitriles is 1. The quantitative estimate of drug-likeness (QED) is 0.786. The molecule has 1 aromatic rings. The van der Waals surface area contributed by atoms with Gasteiger partial charge in [-0.2, -0.15) is 5.26 Å². The first-order chi connectivity index (χ1) is 11.1. The fourth-order valence-electron chi connectivity index (χ4n) is 3.40. The van der Waals surface area contributed by atoms with Crippen LogP contribution >= 0.6 is 11.6 Å². The second-order valence-electron chi connectivity index (χ2n) is 6.03. The van der Waals surface area contributed by atoms with Crippen LogP contribution in [0.5, 0.6) is 0 Å². The molecule has 2 aliphatic rings. The lowest BCUT2D eigenvalue weighted by Crippen LogP contribution is -2.56. The van der Waals surface area contributed by atoms with Crippen LogP contribution in [0.4, 0.5) is 11.4 Å². The van der Waals surface area contributed by atoms with Gasteiger partial charge in [0.2, 0.25) is 0 Å². The Labute approximate surface area is 141 Å². The van der Waals surface area contributed by atoms with Gasteiger partial charge in [0.25, 0.3) is 0 Å². The highest BCUT2D eigenvalue weighted by molar-refractivity contribution is 6.35. The molecule has 3 N–H and O–H groups in total. The number of ether oxygens (including phenoxy) is 1. The average Bonchev–Trinajstić information content (AvgIpc) is 2.58. The van der Waals surface area contributed by atoms with Crippen molar-refractivity contribution in [2.24, 2.45) is 0 Å². The van der Waals surface area contributed by atoms with E-state index in [4.69, 9.17) is 27.3 Å². The number of aliphatic hydroxyl groups excluding tert-OH is 1. The van der Waals surface area contributed by atoms with E-state index in [1.165, 1.54) is 0 Å². The highest BCUT2D eigenvalue weighted by Crippen LogP contribution is 2.34. The van der Waals surface area contributed by atoms with Crippen LogP contribution in [-0.4, -0.2) is 61.5 Å². The number of nitrogen functional groups attached to an aromatic ring is 1. The number of morpholine rings is 1. The van der Waals surface area contributed by atoms with Crippen LogP contribution in [0.2, 0.25) is 5.02 Å². The molecular formula is C16H21ClN4O2. The molecule has 0 amide bonds. The molecule has 2 atom stereocenters. The van der Waals surface area contributed by atoms with Crippen molar-refractivity contribution in [2.75, 3.05) is 50.0 Å². The first-order valence-electron chi connectivity index (χ1n) is 7.84. The third-order valence-corrected chi connectivity index (χ3v) is 5.02. The molecule has 0 aromatic heterocycles. The topological polar surface area (TPSA) is 85.8 Å². The number of nitrogens with zero attached hydrogens (tertiary/aromatic N) is 3. The summed E-state index contributed by atoms with van der Waals surface area (Å²) in [7, 11) is 0. The maximum atomic E-state index is 10.6. The Kier molecular flexibility index (Phi) is 4.93. The first kappa shape index (κ1) is 16.3. The molecule has 2 fully saturated rings. The van der Waals surface area contributed by atoms with Crippen LogP contribution in [-0.2, 0) is 4.74 Å². The van der Waals surface area contributed by atoms with Crippen LogP contribution in [0, 0.1) is 11.3 Å². The van der Waals surface area contributed by atoms with Crippen molar-refractivity contribution in [3.8, 4) is 6.07 Å². The summed E-state index contributed by atoms with van der Waals surface area (Å²) in [5, 5.41) is 20.1. The molecule has 23 heavy (non-hydrogen) atoms. The molecule has 7 heteroatoms. The number of hydrogen-bond acceptors (Lipinski definition) is 6. The van der Waals surface area contributed by atoms with Crippen molar-refractivity contribution >= 4 is 23.0 Å². The van der Waals surface area contributed by atoms with Crippen molar-refractivity contribution in [3.63, 3.8) is 0 Å². The van der Waals surface area contributed by atoms with E-state index in [2.05, 4.69) is 11.0 Å². The Hall–Kier alpha value is -1.52. The number of hydrogen-bond donors (Lipinski definition) is 2. The number of rotatable bonds is 2. The normalized spacial score (nSPS) is 26.0. The molecule has 0 unspecified atom stereocenters. The Morgan fingerprint density at radius 3 is 2.70 bits per heavy atom. The fraction of sp³-hybridized carbons (Fsp3) is 0.562. The van der Waals surface area contributed by atoms with E-state index in [1.54, 1.807) is 12.1 Å². The monoisotopic (exact) mass is 336 g/mol. The van der Waals surface area contributed by atoms with E-state index < -0.39 is 6.10 Å². The molecule has 0 radical (unpaired) electrons. The summed E-state index contributed by atoms with van der Waals surface area (Å²) in [5.41, 5.74) is 7.49. The summed E-state index contributed by atoms with van der Waals surface area (Å²) < 4.78 is 5.37. The van der Waals surface area contributed by atoms with Gasteiger partial charge >= 0.3 is 0 Å². The van der Waals surface area contributed by atoms with Gasteiger partial charge < -0.3 is 20.5 Å². The summed E-state index contributed by atoms with van der Waals surface area (Å²) in [6, 6.07) is 5.55. The summed E-state index contributed by atoms with van der Waals surface area (Å²) in [6.45, 7) is 4.42. The zero-order valence-corrected chi connectivity index (χ0v) is 13.7. The third-order valence-electron chi connectivity index (χ3n) is 4.61. The van der Waals surface area contributed by atoms with Gasteiger partial charge in [0.05, 0.1) is 47.3 Å². The van der Waals surface area contributed by atoms with Gasteiger partial charge in [-0.15, -0.1) is 0 Å². The van der Waals surface area contributed by atoms with E-state index in [0.717, 1.165) is 45.0 Å². The smallest absolute Gasteiger partial charge is 0.0993 e. The Balaban J connectivity index is 1.75. The second-order valence-corrected chi connectivity index (χ2v) is 6.41. The van der Waals surface area contributed by atoms with Crippen LogP contribution in [0.1, 0.15) is 12.0 Å². The molecule has 2 saturated heterocycles. The largest absolute Gasteiger partial charge is 0.397 e. The van der Waals surface area contributed by atoms with Gasteiger partial charge in [-0.05, 0) is 18.6 Å². The maximum Gasteiger partial charge on any atom is 0.0993 e. The van der Waals surface area contributed by atoms with Gasteiger partial charge in [0, 0.05) is 32.2 Å². The van der Waals surface area contributed by atoms with Crippen molar-refractivity contribution in [1.82, 2.24) is 4.90 Å². The van der Waals surface area contributed by atoms with Crippen molar-refractivity contribution in [3.05, 3.63) is 22.7 Å². The summed E-state index contributed by atoms with van der Waals surface area (Å²) in [5.74, 6) is 0. The van der Waals surface area contributed by atoms with Crippen LogP contribution < -0.4 is 10.6 Å². The lowest BCUT2D eigenvalue weighted by molar-refractivity contribution is -0.0273. The van der Waals surface area contributed by atoms with Gasteiger partial charge in [0.15, 0.2) is 0 Å². The van der Waals surface area contributed by atoms with E-state index in [-0.39, 0.29) is 6.04 Å². The van der Waals surface area contributed by atoms with Crippen molar-refractivity contribution < 1.29 is 9.84 Å². The van der Waals surface area contributed by atoms with E-state index in [0.29, 0.717) is 22.8 Å². The number of halogens is 1. The fourth-order valence-corrected chi connectivity index (χ4v) is 3.63. The average molecular weight is 337 g/mol. The molecule has 124 valence electrons. The minimum Gasteiger partial charge on any atom is -0.397 e. The standard InChI is InChI=1S/C16H21ClN4O2/c17-16-12(19)7-11(9-18)8-14(16)21-2-1-13(15(22)10-21)20-3-5-23-6-4-20/h7-8,13,15,22H,1-6,10,19H2/t13-,15-/m1/s1. The molecule has 2 aliphatic heterocycles. The number of piperidine rings is 1. The molecule has 2 heterocycles. The van der Waals surface area contributed by atoms with Gasteiger partial charge in [0.1, 0.15) is 0 Å². The Morgan fingerprint density at radius 2 is 2.04 bits per heavy atom. The first-order valence-corrected chi connectivity index (χ1v) is 8.22. The predicted octanol–water partition coefficient (Wildman–Crippen LogP) is 1.07. The lowest BCUT2D eigenvalue weighted by atomic mass is 9.98. The van der Waals surface area contributed by atoms with Gasteiger partial charge in [-0.1, -0.05) is 11.6 Å². The number of anilines is 2. The summed E-state index contributed by atoms with van der Waals surface area (Å²) in [6.07, 6.45) is 0.374. The number of aliphatic hydroxyl groups is 1. The highest BCUT2D eigenvalue weighted by atomic mass is 35.5. The maximum absolute atomic E-state index is 10.6. The SMILES string of the molecule is N#Cc1cc(N)c(Cl)c(N2CC[C@@H](N3CCOCC3)[C@H](O)C2)c1. The molecule has 0 bridgehead atoms. The minimum atomic E-state index is -0.468. The van der Waals surface area contributed by atoms with E-state index >= 15 is 0 Å². The molecule has 6 nitrogen and oxygen atoms in total. The number of benzene rings is 1. The highest BCUT2D eigenvalue weighted by Gasteiger charge is 2.33. The third kappa shape index (κ3) is 3.38. The zero-order valence-electron chi connectivity index (χ0n) is 12.9. The minimum absolute atomic E-state index is 0.144. The van der Waals surface area contributed by atoms with E-state index in [1.807, 2.05) is 4.90 Å². The zero-order chi connectivity index (χ0) is 16.4. The lowest BCUT2D eigenvalue weighted by Gasteiger charge is -2.44. The summed E-state index contributed by atoms with van der Waals surface area (Å²) in [4.78, 5) is 4.31. The van der Waals surface area contributed by atoms with Crippen LogP contribution in [0.25, 0.3) is 0 Å². The molecule has 0 aliphatic carbocycles. The molecule has 0 spiro atoms. The molecular weight excluding hydrogens is 316 g/mol. The number of β-amino-alcohol motifs (C(OH)–C–C–N with tert-alkyl or cyclic N) is 1. The second kappa shape index (κ2) is 6.93. The van der Waals surface area contributed by atoms with Gasteiger partial charge in [-0.25, -0.2) is 0 Å². The van der Waals surface area contributed by atoms with Gasteiger partial charge in [-0.3, -0.25) is 4.90 Å². The Bertz CT molecular complexity index is 613. The van der Waals surface area contributed by atoms with E-state index in [9.17, 15) is 5.11 Å². The van der Waals surface area contributed by atoms with Crippen molar-refractivity contribution in [2.45, 2.75) is 18.6 Å². The molecule has 1 aromatic carbocycles. The molecule has 0 saturated carbocycles. The summed E-state index contributed by atoms with van der Waals surface area (Å²) >= 11 is 6.30.